The molecule has 13 heavy (non-hydrogen) atoms. The van der Waals surface area contributed by atoms with E-state index in [4.69, 9.17) is 5.11 Å². The van der Waals surface area contributed by atoms with Gasteiger partial charge in [0.15, 0.2) is 6.10 Å². The molecule has 0 saturated heterocycles. The van der Waals surface area contributed by atoms with Crippen LogP contribution in [0.4, 0.5) is 17.6 Å². The van der Waals surface area contributed by atoms with Gasteiger partial charge in [0.2, 0.25) is 0 Å². The number of carbonyl (C=O) groups is 1. The average molecular weight is 204 g/mol. The third-order valence-corrected chi connectivity index (χ3v) is 1.19. The Bertz CT molecular complexity index is 183. The largest absolute Gasteiger partial charge is 0.479 e. The standard InChI is InChI=1S/C6H8F4O3/c1-3(4(11)12)13-2-6(9,10)5(7)8/h3,5H,2H2,1H3,(H,11,12)/t3-/m0/s1. The Morgan fingerprint density at radius 2 is 2.00 bits per heavy atom. The summed E-state index contributed by atoms with van der Waals surface area (Å²) in [7, 11) is 0. The summed E-state index contributed by atoms with van der Waals surface area (Å²) in [5, 5.41) is 8.16. The maximum atomic E-state index is 12.1. The summed E-state index contributed by atoms with van der Waals surface area (Å²) >= 11 is 0. The predicted molar refractivity (Wildman–Crippen MR) is 34.0 cm³/mol. The molecule has 0 aromatic carbocycles. The van der Waals surface area contributed by atoms with Crippen molar-refractivity contribution in [2.45, 2.75) is 25.4 Å². The van der Waals surface area contributed by atoms with Crippen molar-refractivity contribution in [2.75, 3.05) is 6.61 Å². The normalized spacial score (nSPS) is 14.6. The molecule has 1 N–H and O–H groups in total. The second-order valence-electron chi connectivity index (χ2n) is 2.35. The van der Waals surface area contributed by atoms with E-state index in [0.717, 1.165) is 6.92 Å². The summed E-state index contributed by atoms with van der Waals surface area (Å²) < 4.78 is 51.2. The summed E-state index contributed by atoms with van der Waals surface area (Å²) in [5.74, 6) is -5.78. The monoisotopic (exact) mass is 204 g/mol. The zero-order valence-electron chi connectivity index (χ0n) is 6.64. The first-order valence-electron chi connectivity index (χ1n) is 3.27. The number of aliphatic carboxylic acids is 1. The molecule has 0 rings (SSSR count). The first-order valence-corrected chi connectivity index (χ1v) is 3.27. The summed E-state index contributed by atoms with van der Waals surface area (Å²) in [6.07, 6.45) is -5.38. The van der Waals surface area contributed by atoms with Gasteiger partial charge in [0, 0.05) is 0 Å². The van der Waals surface area contributed by atoms with Crippen LogP contribution in [0.2, 0.25) is 0 Å². The van der Waals surface area contributed by atoms with Gasteiger partial charge in [-0.2, -0.15) is 8.78 Å². The molecule has 3 nitrogen and oxygen atoms in total. The molecule has 0 bridgehead atoms. The van der Waals surface area contributed by atoms with Gasteiger partial charge < -0.3 is 9.84 Å². The molecule has 78 valence electrons. The SMILES string of the molecule is C[C@H](OCC(F)(F)C(F)F)C(=O)O. The molecule has 0 unspecified atom stereocenters. The summed E-state index contributed by atoms with van der Waals surface area (Å²) in [6, 6.07) is 0. The lowest BCUT2D eigenvalue weighted by molar-refractivity contribution is -0.183. The van der Waals surface area contributed by atoms with Crippen molar-refractivity contribution in [3.63, 3.8) is 0 Å². The Hall–Kier alpha value is -0.850. The molecular formula is C6H8F4O3. The van der Waals surface area contributed by atoms with Crippen molar-refractivity contribution in [3.05, 3.63) is 0 Å². The Balaban J connectivity index is 3.95. The molecule has 0 radical (unpaired) electrons. The number of carboxylic acid groups (broad SMARTS) is 1. The van der Waals surface area contributed by atoms with Crippen molar-refractivity contribution in [1.82, 2.24) is 0 Å². The minimum Gasteiger partial charge on any atom is -0.479 e. The van der Waals surface area contributed by atoms with E-state index in [1.807, 2.05) is 0 Å². The van der Waals surface area contributed by atoms with Crippen LogP contribution in [0.15, 0.2) is 0 Å². The van der Waals surface area contributed by atoms with Gasteiger partial charge in [-0.3, -0.25) is 0 Å². The lowest BCUT2D eigenvalue weighted by Gasteiger charge is -2.16. The number of halogens is 4. The predicted octanol–water partition coefficient (Wildman–Crippen LogP) is 1.38. The fourth-order valence-corrected chi connectivity index (χ4v) is 0.370. The summed E-state index contributed by atoms with van der Waals surface area (Å²) in [6.45, 7) is -0.623. The second-order valence-corrected chi connectivity index (χ2v) is 2.35. The summed E-state index contributed by atoms with van der Waals surface area (Å²) in [4.78, 5) is 10.0. The highest BCUT2D eigenvalue weighted by Crippen LogP contribution is 2.23. The Labute approximate surface area is 71.3 Å². The molecule has 1 atom stereocenters. The first-order chi connectivity index (χ1) is 5.77. The van der Waals surface area contributed by atoms with Crippen LogP contribution in [0.1, 0.15) is 6.92 Å². The number of ether oxygens (including phenoxy) is 1. The topological polar surface area (TPSA) is 46.5 Å². The van der Waals surface area contributed by atoms with Gasteiger partial charge in [0.25, 0.3) is 0 Å². The zero-order chi connectivity index (χ0) is 10.6. The molecule has 0 fully saturated rings. The molecular weight excluding hydrogens is 196 g/mol. The van der Waals surface area contributed by atoms with Crippen LogP contribution in [-0.2, 0) is 9.53 Å². The molecule has 7 heteroatoms. The van der Waals surface area contributed by atoms with E-state index in [9.17, 15) is 22.4 Å². The molecule has 0 aliphatic carbocycles. The highest BCUT2D eigenvalue weighted by molar-refractivity contribution is 5.71. The van der Waals surface area contributed by atoms with Crippen molar-refractivity contribution in [2.24, 2.45) is 0 Å². The van der Waals surface area contributed by atoms with Crippen molar-refractivity contribution in [1.29, 1.82) is 0 Å². The number of hydrogen-bond donors (Lipinski definition) is 1. The van der Waals surface area contributed by atoms with E-state index in [1.165, 1.54) is 0 Å². The molecule has 0 aliphatic heterocycles. The van der Waals surface area contributed by atoms with E-state index >= 15 is 0 Å². The molecule has 0 saturated carbocycles. The smallest absolute Gasteiger partial charge is 0.332 e. The van der Waals surface area contributed by atoms with Gasteiger partial charge in [0.1, 0.15) is 6.61 Å². The van der Waals surface area contributed by atoms with Gasteiger partial charge in [-0.05, 0) is 6.92 Å². The molecule has 0 heterocycles. The molecule has 0 spiro atoms. The van der Waals surface area contributed by atoms with Crippen LogP contribution in [0.25, 0.3) is 0 Å². The Morgan fingerprint density at radius 3 is 2.31 bits per heavy atom. The maximum Gasteiger partial charge on any atom is 0.332 e. The highest BCUT2D eigenvalue weighted by Gasteiger charge is 2.41. The lowest BCUT2D eigenvalue weighted by Crippen LogP contribution is -2.35. The van der Waals surface area contributed by atoms with Crippen molar-refractivity contribution < 1.29 is 32.2 Å². The van der Waals surface area contributed by atoms with E-state index in [0.29, 0.717) is 0 Å². The van der Waals surface area contributed by atoms with Gasteiger partial charge in [-0.15, -0.1) is 0 Å². The minimum absolute atomic E-state index is 0.976. The number of carboxylic acids is 1. The number of alkyl halides is 4. The number of rotatable bonds is 5. The van der Waals surface area contributed by atoms with Crippen molar-refractivity contribution in [3.8, 4) is 0 Å². The molecule has 0 aromatic rings. The van der Waals surface area contributed by atoms with Gasteiger partial charge >= 0.3 is 18.3 Å². The minimum atomic E-state index is -4.30. The quantitative estimate of drug-likeness (QED) is 0.688. The number of hydrogen-bond acceptors (Lipinski definition) is 2. The van der Waals surface area contributed by atoms with E-state index in [-0.39, 0.29) is 0 Å². The first kappa shape index (κ1) is 12.2. The zero-order valence-corrected chi connectivity index (χ0v) is 6.64. The van der Waals surface area contributed by atoms with Gasteiger partial charge in [-0.25, -0.2) is 13.6 Å². The maximum absolute atomic E-state index is 12.1. The van der Waals surface area contributed by atoms with Crippen LogP contribution in [0.3, 0.4) is 0 Å². The van der Waals surface area contributed by atoms with E-state index < -0.39 is 31.0 Å². The van der Waals surface area contributed by atoms with Crippen molar-refractivity contribution >= 4 is 5.97 Å². The lowest BCUT2D eigenvalue weighted by atomic mass is 10.3. The van der Waals surface area contributed by atoms with E-state index in [2.05, 4.69) is 4.74 Å². The van der Waals surface area contributed by atoms with Crippen LogP contribution < -0.4 is 0 Å². The van der Waals surface area contributed by atoms with Gasteiger partial charge in [-0.1, -0.05) is 0 Å². The highest BCUT2D eigenvalue weighted by atomic mass is 19.3. The fraction of sp³-hybridized carbons (Fsp3) is 0.833. The Kier molecular flexibility index (Phi) is 4.12. The Morgan fingerprint density at radius 1 is 1.54 bits per heavy atom. The average Bonchev–Trinajstić information content (AvgIpc) is 1.99. The van der Waals surface area contributed by atoms with Crippen LogP contribution >= 0.6 is 0 Å². The third-order valence-electron chi connectivity index (χ3n) is 1.19. The van der Waals surface area contributed by atoms with Gasteiger partial charge in [0.05, 0.1) is 0 Å². The van der Waals surface area contributed by atoms with Crippen LogP contribution in [-0.4, -0.2) is 36.1 Å². The summed E-state index contributed by atoms with van der Waals surface area (Å²) in [5.41, 5.74) is 0. The second kappa shape index (κ2) is 4.40. The molecule has 0 aromatic heterocycles. The fourth-order valence-electron chi connectivity index (χ4n) is 0.370. The molecule has 0 amide bonds. The third kappa shape index (κ3) is 4.07. The van der Waals surface area contributed by atoms with Crippen LogP contribution in [0, 0.1) is 0 Å². The molecule has 0 aliphatic rings. The van der Waals surface area contributed by atoms with E-state index in [1.54, 1.807) is 0 Å². The van der Waals surface area contributed by atoms with Crippen LogP contribution in [0.5, 0.6) is 0 Å².